The van der Waals surface area contributed by atoms with E-state index >= 15 is 0 Å². The summed E-state index contributed by atoms with van der Waals surface area (Å²) in [5, 5.41) is 5.30. The Bertz CT molecular complexity index is 871. The molecule has 122 valence electrons. The predicted molar refractivity (Wildman–Crippen MR) is 95.8 cm³/mol. The summed E-state index contributed by atoms with van der Waals surface area (Å²) >= 11 is 1.40. The third-order valence-corrected chi connectivity index (χ3v) is 4.44. The molecule has 3 aromatic rings. The molecule has 2 aromatic carbocycles. The molecule has 3 rings (SSSR count). The second-order valence-electron chi connectivity index (χ2n) is 5.71. The maximum atomic E-state index is 12.9. The van der Waals surface area contributed by atoms with Gasteiger partial charge in [-0.1, -0.05) is 35.9 Å². The third kappa shape index (κ3) is 3.86. The second kappa shape index (κ2) is 6.93. The zero-order valence-corrected chi connectivity index (χ0v) is 14.3. The van der Waals surface area contributed by atoms with Crippen molar-refractivity contribution < 1.29 is 9.18 Å². The first-order valence-corrected chi connectivity index (χ1v) is 8.46. The van der Waals surface area contributed by atoms with Crippen LogP contribution in [0, 0.1) is 19.7 Å². The Morgan fingerprint density at radius 2 is 1.92 bits per heavy atom. The highest BCUT2D eigenvalue weighted by molar-refractivity contribution is 7.14. The van der Waals surface area contributed by atoms with Crippen LogP contribution in [0.15, 0.2) is 47.8 Å². The average Bonchev–Trinajstić information content (AvgIpc) is 2.97. The van der Waals surface area contributed by atoms with Crippen LogP contribution in [0.5, 0.6) is 0 Å². The summed E-state index contributed by atoms with van der Waals surface area (Å²) in [6.07, 6.45) is 0.193. The van der Waals surface area contributed by atoms with Gasteiger partial charge in [0.2, 0.25) is 5.91 Å². The number of hydrogen-bond donors (Lipinski definition) is 1. The molecule has 0 aliphatic rings. The first kappa shape index (κ1) is 16.3. The fraction of sp³-hybridized carbons (Fsp3) is 0.158. The predicted octanol–water partition coefficient (Wildman–Crippen LogP) is 4.75. The molecule has 3 nitrogen and oxygen atoms in total. The number of anilines is 1. The largest absolute Gasteiger partial charge is 0.302 e. The van der Waals surface area contributed by atoms with Crippen LogP contribution in [0.3, 0.4) is 0 Å². The fourth-order valence-corrected chi connectivity index (χ4v) is 3.23. The summed E-state index contributed by atoms with van der Waals surface area (Å²) in [7, 11) is 0. The molecule has 1 amide bonds. The monoisotopic (exact) mass is 340 g/mol. The number of hydrogen-bond acceptors (Lipinski definition) is 3. The summed E-state index contributed by atoms with van der Waals surface area (Å²) in [5.41, 5.74) is 5.05. The van der Waals surface area contributed by atoms with Gasteiger partial charge in [0.15, 0.2) is 5.13 Å². The zero-order valence-electron chi connectivity index (χ0n) is 13.5. The smallest absolute Gasteiger partial charge is 0.230 e. The van der Waals surface area contributed by atoms with Crippen LogP contribution in [-0.2, 0) is 11.2 Å². The molecule has 1 heterocycles. The summed E-state index contributed by atoms with van der Waals surface area (Å²) in [5.74, 6) is -0.472. The summed E-state index contributed by atoms with van der Waals surface area (Å²) < 4.78 is 12.9. The van der Waals surface area contributed by atoms with E-state index in [0.717, 1.165) is 22.4 Å². The molecule has 24 heavy (non-hydrogen) atoms. The van der Waals surface area contributed by atoms with E-state index in [-0.39, 0.29) is 18.1 Å². The highest BCUT2D eigenvalue weighted by Gasteiger charge is 2.10. The Hall–Kier alpha value is -2.53. The van der Waals surface area contributed by atoms with Crippen molar-refractivity contribution in [2.45, 2.75) is 20.3 Å². The van der Waals surface area contributed by atoms with E-state index in [1.165, 1.54) is 29.0 Å². The molecule has 1 N–H and O–H groups in total. The molecule has 0 atom stereocenters. The quantitative estimate of drug-likeness (QED) is 0.745. The molecule has 0 aliphatic heterocycles. The maximum absolute atomic E-state index is 12.9. The van der Waals surface area contributed by atoms with Crippen LogP contribution in [-0.4, -0.2) is 10.9 Å². The summed E-state index contributed by atoms with van der Waals surface area (Å²) in [4.78, 5) is 16.6. The minimum atomic E-state index is -0.308. The normalized spacial score (nSPS) is 10.6. The van der Waals surface area contributed by atoms with Gasteiger partial charge >= 0.3 is 0 Å². The Kier molecular flexibility index (Phi) is 4.71. The van der Waals surface area contributed by atoms with E-state index in [4.69, 9.17) is 0 Å². The van der Waals surface area contributed by atoms with Crippen LogP contribution < -0.4 is 5.32 Å². The first-order valence-electron chi connectivity index (χ1n) is 7.59. The Labute approximate surface area is 144 Å². The topological polar surface area (TPSA) is 42.0 Å². The van der Waals surface area contributed by atoms with E-state index in [9.17, 15) is 9.18 Å². The molecular weight excluding hydrogens is 323 g/mol. The highest BCUT2D eigenvalue weighted by Crippen LogP contribution is 2.28. The van der Waals surface area contributed by atoms with Gasteiger partial charge in [0.1, 0.15) is 5.82 Å². The van der Waals surface area contributed by atoms with E-state index in [1.807, 2.05) is 11.4 Å². The van der Waals surface area contributed by atoms with Crippen molar-refractivity contribution >= 4 is 22.4 Å². The fourth-order valence-electron chi connectivity index (χ4n) is 2.51. The van der Waals surface area contributed by atoms with Crippen molar-refractivity contribution in [1.29, 1.82) is 0 Å². The molecule has 0 saturated carbocycles. The lowest BCUT2D eigenvalue weighted by Gasteiger charge is -2.04. The Balaban J connectivity index is 1.69. The molecule has 5 heteroatoms. The van der Waals surface area contributed by atoms with E-state index < -0.39 is 0 Å². The highest BCUT2D eigenvalue weighted by atomic mass is 32.1. The number of carbonyl (C=O) groups excluding carboxylic acids is 1. The molecule has 0 bridgehead atoms. The molecule has 0 saturated heterocycles. The Morgan fingerprint density at radius 3 is 2.62 bits per heavy atom. The van der Waals surface area contributed by atoms with Crippen LogP contribution in [0.25, 0.3) is 11.3 Å². The number of benzene rings is 2. The number of nitrogens with one attached hydrogen (secondary N) is 1. The molecular formula is C19H17FN2OS. The number of amides is 1. The van der Waals surface area contributed by atoms with Crippen molar-refractivity contribution in [3.05, 3.63) is 70.4 Å². The first-order chi connectivity index (χ1) is 11.5. The number of aromatic nitrogens is 1. The van der Waals surface area contributed by atoms with Gasteiger partial charge in [-0.2, -0.15) is 0 Å². The second-order valence-corrected chi connectivity index (χ2v) is 6.57. The lowest BCUT2D eigenvalue weighted by molar-refractivity contribution is -0.115. The third-order valence-electron chi connectivity index (χ3n) is 3.69. The summed E-state index contributed by atoms with van der Waals surface area (Å²) in [6, 6.07) is 12.1. The zero-order chi connectivity index (χ0) is 17.1. The molecule has 1 aromatic heterocycles. The molecule has 0 unspecified atom stereocenters. The van der Waals surface area contributed by atoms with Crippen molar-refractivity contribution in [3.63, 3.8) is 0 Å². The minimum absolute atomic E-state index is 0.164. The number of aryl methyl sites for hydroxylation is 2. The SMILES string of the molecule is Cc1ccc(-c2csc(NC(=O)Cc3ccc(F)cc3)n2)c(C)c1. The number of halogens is 1. The van der Waals surface area contributed by atoms with Gasteiger partial charge in [0.25, 0.3) is 0 Å². The van der Waals surface area contributed by atoms with Crippen LogP contribution >= 0.6 is 11.3 Å². The van der Waals surface area contributed by atoms with Crippen molar-refractivity contribution in [3.8, 4) is 11.3 Å². The lowest BCUT2D eigenvalue weighted by atomic mass is 10.0. The maximum Gasteiger partial charge on any atom is 0.230 e. The van der Waals surface area contributed by atoms with Crippen LogP contribution in [0.4, 0.5) is 9.52 Å². The number of nitrogens with zero attached hydrogens (tertiary/aromatic N) is 1. The molecule has 0 radical (unpaired) electrons. The Morgan fingerprint density at radius 1 is 1.17 bits per heavy atom. The average molecular weight is 340 g/mol. The van der Waals surface area contributed by atoms with Crippen molar-refractivity contribution in [2.75, 3.05) is 5.32 Å². The van der Waals surface area contributed by atoms with Gasteiger partial charge in [-0.05, 0) is 37.1 Å². The molecule has 0 spiro atoms. The van der Waals surface area contributed by atoms with Gasteiger partial charge < -0.3 is 5.32 Å². The summed E-state index contributed by atoms with van der Waals surface area (Å²) in [6.45, 7) is 4.10. The van der Waals surface area contributed by atoms with Gasteiger partial charge in [0, 0.05) is 10.9 Å². The van der Waals surface area contributed by atoms with E-state index in [0.29, 0.717) is 5.13 Å². The lowest BCUT2D eigenvalue weighted by Crippen LogP contribution is -2.14. The van der Waals surface area contributed by atoms with Gasteiger partial charge in [0.05, 0.1) is 12.1 Å². The van der Waals surface area contributed by atoms with E-state index in [2.05, 4.69) is 36.3 Å². The van der Waals surface area contributed by atoms with Crippen LogP contribution in [0.1, 0.15) is 16.7 Å². The van der Waals surface area contributed by atoms with Gasteiger partial charge in [-0.3, -0.25) is 4.79 Å². The minimum Gasteiger partial charge on any atom is -0.302 e. The van der Waals surface area contributed by atoms with E-state index in [1.54, 1.807) is 12.1 Å². The standard InChI is InChI=1S/C19H17FN2OS/c1-12-3-8-16(13(2)9-12)17-11-24-19(21-17)22-18(23)10-14-4-6-15(20)7-5-14/h3-9,11H,10H2,1-2H3,(H,21,22,23). The number of thiazole rings is 1. The molecule has 0 fully saturated rings. The number of carbonyl (C=O) groups is 1. The van der Waals surface area contributed by atoms with Crippen molar-refractivity contribution in [1.82, 2.24) is 4.98 Å². The van der Waals surface area contributed by atoms with Gasteiger partial charge in [-0.15, -0.1) is 11.3 Å². The number of rotatable bonds is 4. The van der Waals surface area contributed by atoms with Crippen molar-refractivity contribution in [2.24, 2.45) is 0 Å². The van der Waals surface area contributed by atoms with Gasteiger partial charge in [-0.25, -0.2) is 9.37 Å². The molecule has 0 aliphatic carbocycles. The van der Waals surface area contributed by atoms with Crippen LogP contribution in [0.2, 0.25) is 0 Å².